The molecule has 3 aliphatic rings. The summed E-state index contributed by atoms with van der Waals surface area (Å²) < 4.78 is 24.2. The molecule has 0 unspecified atom stereocenters. The van der Waals surface area contributed by atoms with Crippen LogP contribution in [0.15, 0.2) is 65.0 Å². The van der Waals surface area contributed by atoms with Gasteiger partial charge in [0.1, 0.15) is 5.82 Å². The summed E-state index contributed by atoms with van der Waals surface area (Å²) in [4.78, 5) is 26.3. The van der Waals surface area contributed by atoms with Crippen LogP contribution in [-0.2, 0) is 9.59 Å². The number of hydrogen-bond donors (Lipinski definition) is 2. The highest BCUT2D eigenvalue weighted by molar-refractivity contribution is 6.09. The van der Waals surface area contributed by atoms with Crippen molar-refractivity contribution in [2.24, 2.45) is 0 Å². The van der Waals surface area contributed by atoms with Gasteiger partial charge >= 0.3 is 0 Å². The van der Waals surface area contributed by atoms with E-state index in [4.69, 9.17) is 9.47 Å². The number of hydrogen-bond acceptors (Lipinski definition) is 5. The summed E-state index contributed by atoms with van der Waals surface area (Å²) in [5, 5.41) is 6.13. The molecule has 0 bridgehead atoms. The quantitative estimate of drug-likeness (QED) is 0.780. The SMILES string of the molecule is CC1=C(C(=O)Nc2ccc(F)cc2)[C@H](c2ccc3c(c2)OCO3)C2=C(CCCC2=O)N1. The molecule has 1 amide bonds. The van der Waals surface area contributed by atoms with Crippen molar-refractivity contribution in [1.29, 1.82) is 0 Å². The molecule has 2 aromatic carbocycles. The smallest absolute Gasteiger partial charge is 0.254 e. The standard InChI is InChI=1S/C24H21FN2O4/c1-13-21(24(29)27-16-8-6-15(25)7-9-16)22(23-17(26-13)3-2-4-18(23)28)14-5-10-19-20(11-14)31-12-30-19/h5-11,22,26H,2-4,12H2,1H3,(H,27,29)/t22-/m0/s1. The molecule has 0 fully saturated rings. The number of rotatable bonds is 3. The highest BCUT2D eigenvalue weighted by Gasteiger charge is 2.39. The minimum atomic E-state index is -0.529. The van der Waals surface area contributed by atoms with Crippen molar-refractivity contribution in [2.75, 3.05) is 12.1 Å². The molecule has 2 aromatic rings. The van der Waals surface area contributed by atoms with Crippen LogP contribution < -0.4 is 20.1 Å². The van der Waals surface area contributed by atoms with Crippen LogP contribution in [0.3, 0.4) is 0 Å². The number of dihydropyridines is 1. The first-order valence-corrected chi connectivity index (χ1v) is 10.2. The van der Waals surface area contributed by atoms with Crippen LogP contribution in [0.1, 0.15) is 37.7 Å². The third-order valence-corrected chi connectivity index (χ3v) is 5.85. The van der Waals surface area contributed by atoms with Gasteiger partial charge in [-0.15, -0.1) is 0 Å². The van der Waals surface area contributed by atoms with Crippen molar-refractivity contribution in [3.8, 4) is 11.5 Å². The lowest BCUT2D eigenvalue weighted by Crippen LogP contribution is -2.35. The first-order valence-electron chi connectivity index (χ1n) is 10.2. The largest absolute Gasteiger partial charge is 0.454 e. The Morgan fingerprint density at radius 1 is 1.10 bits per heavy atom. The van der Waals surface area contributed by atoms with E-state index in [1.165, 1.54) is 24.3 Å². The molecule has 0 saturated carbocycles. The zero-order valence-corrected chi connectivity index (χ0v) is 17.0. The van der Waals surface area contributed by atoms with Crippen LogP contribution in [0, 0.1) is 5.82 Å². The Kier molecular flexibility index (Phi) is 4.73. The second-order valence-electron chi connectivity index (χ2n) is 7.84. The van der Waals surface area contributed by atoms with Crippen LogP contribution in [0.5, 0.6) is 11.5 Å². The molecular weight excluding hydrogens is 399 g/mol. The summed E-state index contributed by atoms with van der Waals surface area (Å²) in [5.74, 6) is 0.0185. The van der Waals surface area contributed by atoms with Gasteiger partial charge in [0.05, 0.1) is 0 Å². The molecule has 0 aromatic heterocycles. The molecule has 6 nitrogen and oxygen atoms in total. The normalized spacial score (nSPS) is 19.8. The van der Waals surface area contributed by atoms with Gasteiger partial charge < -0.3 is 20.1 Å². The Morgan fingerprint density at radius 2 is 1.87 bits per heavy atom. The molecule has 1 atom stereocenters. The minimum absolute atomic E-state index is 0.0380. The number of carbonyl (C=O) groups excluding carboxylic acids is 2. The maximum absolute atomic E-state index is 13.4. The number of ether oxygens (including phenoxy) is 2. The van der Waals surface area contributed by atoms with Crippen LogP contribution in [0.2, 0.25) is 0 Å². The minimum Gasteiger partial charge on any atom is -0.454 e. The number of ketones is 1. The fourth-order valence-electron chi connectivity index (χ4n) is 4.44. The van der Waals surface area contributed by atoms with Crippen molar-refractivity contribution in [3.05, 3.63) is 76.4 Å². The van der Waals surface area contributed by atoms with Gasteiger partial charge in [0.15, 0.2) is 17.3 Å². The maximum atomic E-state index is 13.4. The average molecular weight is 420 g/mol. The average Bonchev–Trinajstić information content (AvgIpc) is 3.22. The fourth-order valence-corrected chi connectivity index (χ4v) is 4.44. The number of benzene rings is 2. The molecule has 0 spiro atoms. The highest BCUT2D eigenvalue weighted by Crippen LogP contribution is 2.45. The van der Waals surface area contributed by atoms with E-state index in [2.05, 4.69) is 10.6 Å². The van der Waals surface area contributed by atoms with Crippen LogP contribution in [0.25, 0.3) is 0 Å². The van der Waals surface area contributed by atoms with E-state index in [-0.39, 0.29) is 24.3 Å². The third kappa shape index (κ3) is 3.46. The fraction of sp³-hybridized carbons (Fsp3) is 0.250. The predicted octanol–water partition coefficient (Wildman–Crippen LogP) is 4.16. The number of allylic oxidation sites excluding steroid dienone is 3. The number of fused-ring (bicyclic) bond motifs is 1. The van der Waals surface area contributed by atoms with Gasteiger partial charge in [-0.05, 0) is 61.7 Å². The van der Waals surface area contributed by atoms with Gasteiger partial charge in [-0.3, -0.25) is 9.59 Å². The zero-order chi connectivity index (χ0) is 21.5. The van der Waals surface area contributed by atoms with E-state index >= 15 is 0 Å². The van der Waals surface area contributed by atoms with E-state index in [0.717, 1.165) is 24.1 Å². The first-order chi connectivity index (χ1) is 15.0. The van der Waals surface area contributed by atoms with Crippen molar-refractivity contribution in [1.82, 2.24) is 5.32 Å². The molecule has 1 aliphatic carbocycles. The molecule has 5 rings (SSSR count). The van der Waals surface area contributed by atoms with Crippen LogP contribution in [-0.4, -0.2) is 18.5 Å². The Bertz CT molecular complexity index is 1150. The van der Waals surface area contributed by atoms with Crippen LogP contribution in [0.4, 0.5) is 10.1 Å². The Labute approximate surface area is 178 Å². The lowest BCUT2D eigenvalue weighted by Gasteiger charge is -2.34. The number of amides is 1. The molecule has 2 aliphatic heterocycles. The number of nitrogens with one attached hydrogen (secondary N) is 2. The number of Topliss-reactive ketones (excluding diaryl/α,β-unsaturated/α-hetero) is 1. The Morgan fingerprint density at radius 3 is 2.68 bits per heavy atom. The maximum Gasteiger partial charge on any atom is 0.254 e. The Hall–Kier alpha value is -3.61. The molecule has 0 saturated heterocycles. The van der Waals surface area contributed by atoms with Gasteiger partial charge in [-0.25, -0.2) is 4.39 Å². The number of anilines is 1. The number of halogens is 1. The van der Waals surface area contributed by atoms with E-state index in [1.807, 2.05) is 19.1 Å². The van der Waals surface area contributed by atoms with E-state index in [0.29, 0.717) is 40.5 Å². The summed E-state index contributed by atoms with van der Waals surface area (Å²) >= 11 is 0. The second kappa shape index (κ2) is 7.58. The van der Waals surface area contributed by atoms with E-state index in [9.17, 15) is 14.0 Å². The third-order valence-electron chi connectivity index (χ3n) is 5.85. The van der Waals surface area contributed by atoms with Gasteiger partial charge in [0.2, 0.25) is 6.79 Å². The van der Waals surface area contributed by atoms with Gasteiger partial charge in [-0.1, -0.05) is 6.07 Å². The monoisotopic (exact) mass is 420 g/mol. The van der Waals surface area contributed by atoms with Crippen molar-refractivity contribution < 1.29 is 23.5 Å². The summed E-state index contributed by atoms with van der Waals surface area (Å²) in [6.45, 7) is 1.98. The highest BCUT2D eigenvalue weighted by atomic mass is 19.1. The first kappa shape index (κ1) is 19.4. The number of carbonyl (C=O) groups is 2. The molecule has 158 valence electrons. The van der Waals surface area contributed by atoms with E-state index < -0.39 is 5.92 Å². The zero-order valence-electron chi connectivity index (χ0n) is 17.0. The van der Waals surface area contributed by atoms with Gasteiger partial charge in [0, 0.05) is 40.6 Å². The molecule has 0 radical (unpaired) electrons. The van der Waals surface area contributed by atoms with Crippen molar-refractivity contribution >= 4 is 17.4 Å². The molecule has 7 heteroatoms. The van der Waals surface area contributed by atoms with Crippen molar-refractivity contribution in [3.63, 3.8) is 0 Å². The van der Waals surface area contributed by atoms with E-state index in [1.54, 1.807) is 6.07 Å². The predicted molar refractivity (Wildman–Crippen MR) is 112 cm³/mol. The summed E-state index contributed by atoms with van der Waals surface area (Å²) in [6, 6.07) is 11.1. The van der Waals surface area contributed by atoms with Gasteiger partial charge in [-0.2, -0.15) is 0 Å². The molecule has 2 N–H and O–H groups in total. The summed E-state index contributed by atoms with van der Waals surface area (Å²) in [7, 11) is 0. The molecule has 31 heavy (non-hydrogen) atoms. The lowest BCUT2D eigenvalue weighted by molar-refractivity contribution is -0.116. The Balaban J connectivity index is 1.58. The topological polar surface area (TPSA) is 76.7 Å². The summed E-state index contributed by atoms with van der Waals surface area (Å²) in [6.07, 6.45) is 1.99. The lowest BCUT2D eigenvalue weighted by atomic mass is 9.75. The van der Waals surface area contributed by atoms with Crippen molar-refractivity contribution in [2.45, 2.75) is 32.1 Å². The molecule has 2 heterocycles. The summed E-state index contributed by atoms with van der Waals surface area (Å²) in [5.41, 5.74) is 3.91. The van der Waals surface area contributed by atoms with Crippen LogP contribution >= 0.6 is 0 Å². The van der Waals surface area contributed by atoms with Gasteiger partial charge in [0.25, 0.3) is 5.91 Å². The molecular formula is C24H21FN2O4. The second-order valence-corrected chi connectivity index (χ2v) is 7.84.